The monoisotopic (exact) mass is 340 g/mol. The molecule has 1 aliphatic rings. The molecule has 0 radical (unpaired) electrons. The Morgan fingerprint density at radius 1 is 1.36 bits per heavy atom. The maximum Gasteiger partial charge on any atom is 0.255 e. The van der Waals surface area contributed by atoms with Crippen LogP contribution < -0.4 is 4.90 Å². The summed E-state index contributed by atoms with van der Waals surface area (Å²) in [6.45, 7) is 1.88. The van der Waals surface area contributed by atoms with Gasteiger partial charge in [-0.25, -0.2) is 0 Å². The molecular formula is C15H17ClN2O3S. The molecule has 0 spiro atoms. The zero-order valence-electron chi connectivity index (χ0n) is 12.6. The minimum atomic E-state index is -0.192. The molecule has 1 fully saturated rings. The summed E-state index contributed by atoms with van der Waals surface area (Å²) in [4.78, 5) is 38.8. The van der Waals surface area contributed by atoms with Crippen LogP contribution in [0.25, 0.3) is 0 Å². The Balaban J connectivity index is 2.35. The number of hydrogen-bond donors (Lipinski definition) is 0. The quantitative estimate of drug-likeness (QED) is 0.848. The van der Waals surface area contributed by atoms with Gasteiger partial charge in [-0.3, -0.25) is 14.4 Å². The Labute approximate surface area is 138 Å². The molecule has 1 aromatic carbocycles. The average molecular weight is 341 g/mol. The molecule has 0 aromatic heterocycles. The highest BCUT2D eigenvalue weighted by atomic mass is 35.5. The lowest BCUT2D eigenvalue weighted by Crippen LogP contribution is -2.29. The highest BCUT2D eigenvalue weighted by Crippen LogP contribution is 2.33. The fourth-order valence-electron chi connectivity index (χ4n) is 2.37. The molecule has 22 heavy (non-hydrogen) atoms. The third-order valence-electron chi connectivity index (χ3n) is 3.31. The van der Waals surface area contributed by atoms with Gasteiger partial charge in [0.15, 0.2) is 5.12 Å². The van der Waals surface area contributed by atoms with Gasteiger partial charge in [0.05, 0.1) is 11.3 Å². The average Bonchev–Trinajstić information content (AvgIpc) is 2.77. The van der Waals surface area contributed by atoms with Gasteiger partial charge in [-0.15, -0.1) is 0 Å². The number of thioether (sulfide) groups is 1. The van der Waals surface area contributed by atoms with Gasteiger partial charge in [-0.05, 0) is 18.2 Å². The summed E-state index contributed by atoms with van der Waals surface area (Å²) in [5, 5.41) is 0.349. The van der Waals surface area contributed by atoms with Crippen LogP contribution in [0.1, 0.15) is 23.7 Å². The van der Waals surface area contributed by atoms with Crippen LogP contribution in [0.2, 0.25) is 5.02 Å². The van der Waals surface area contributed by atoms with Gasteiger partial charge < -0.3 is 9.80 Å². The molecule has 1 aliphatic heterocycles. The van der Waals surface area contributed by atoms with E-state index in [1.54, 1.807) is 37.2 Å². The normalized spacial score (nSPS) is 17.7. The van der Waals surface area contributed by atoms with Crippen molar-refractivity contribution >= 4 is 46.0 Å². The highest BCUT2D eigenvalue weighted by molar-refractivity contribution is 8.14. The van der Waals surface area contributed by atoms with Crippen LogP contribution in [-0.2, 0) is 9.59 Å². The summed E-state index contributed by atoms with van der Waals surface area (Å²) in [5.74, 6) is -0.295. The molecule has 0 bridgehead atoms. The second kappa shape index (κ2) is 6.71. The highest BCUT2D eigenvalue weighted by Gasteiger charge is 2.34. The molecule has 1 atom stereocenters. The zero-order chi connectivity index (χ0) is 16.4. The second-order valence-corrected chi connectivity index (χ2v) is 7.21. The lowest BCUT2D eigenvalue weighted by molar-refractivity contribution is -0.117. The third-order valence-corrected chi connectivity index (χ3v) is 4.53. The van der Waals surface area contributed by atoms with Crippen molar-refractivity contribution in [2.24, 2.45) is 0 Å². The van der Waals surface area contributed by atoms with Gasteiger partial charge in [0.2, 0.25) is 5.91 Å². The summed E-state index contributed by atoms with van der Waals surface area (Å²) < 4.78 is 0. The Morgan fingerprint density at radius 3 is 2.64 bits per heavy atom. The topological polar surface area (TPSA) is 57.7 Å². The summed E-state index contributed by atoms with van der Waals surface area (Å²) in [6.07, 6.45) is 0.284. The van der Waals surface area contributed by atoms with Gasteiger partial charge in [0.25, 0.3) is 5.91 Å². The molecule has 0 aliphatic carbocycles. The third kappa shape index (κ3) is 3.62. The smallest absolute Gasteiger partial charge is 0.255 e. The number of nitrogens with zero attached hydrogens (tertiary/aromatic N) is 2. The first kappa shape index (κ1) is 16.8. The first-order valence-corrected chi connectivity index (χ1v) is 8.04. The van der Waals surface area contributed by atoms with Gasteiger partial charge >= 0.3 is 0 Å². The Morgan fingerprint density at radius 2 is 2.05 bits per heavy atom. The number of anilines is 1. The van der Waals surface area contributed by atoms with E-state index >= 15 is 0 Å². The van der Waals surface area contributed by atoms with Crippen LogP contribution in [0.15, 0.2) is 18.2 Å². The minimum absolute atomic E-state index is 0.0182. The maximum atomic E-state index is 12.3. The molecule has 2 rings (SSSR count). The first-order valence-electron chi connectivity index (χ1n) is 6.78. The lowest BCUT2D eigenvalue weighted by Gasteiger charge is -2.21. The van der Waals surface area contributed by atoms with E-state index in [1.807, 2.05) is 0 Å². The van der Waals surface area contributed by atoms with Crippen molar-refractivity contribution in [2.45, 2.75) is 18.6 Å². The molecule has 1 unspecified atom stereocenters. The minimum Gasteiger partial charge on any atom is -0.345 e. The molecule has 1 heterocycles. The van der Waals surface area contributed by atoms with E-state index < -0.39 is 0 Å². The van der Waals surface area contributed by atoms with Crippen molar-refractivity contribution in [1.82, 2.24) is 4.90 Å². The lowest BCUT2D eigenvalue weighted by atomic mass is 10.1. The second-order valence-electron chi connectivity index (χ2n) is 5.30. The molecule has 1 aromatic rings. The molecule has 1 saturated heterocycles. The Hall–Kier alpha value is -1.53. The van der Waals surface area contributed by atoms with E-state index in [1.165, 1.54) is 11.8 Å². The molecular weight excluding hydrogens is 324 g/mol. The summed E-state index contributed by atoms with van der Waals surface area (Å²) in [6, 6.07) is 4.87. The van der Waals surface area contributed by atoms with E-state index in [-0.39, 0.29) is 28.6 Å². The first-order chi connectivity index (χ1) is 10.3. The van der Waals surface area contributed by atoms with Gasteiger partial charge in [0, 0.05) is 44.3 Å². The van der Waals surface area contributed by atoms with E-state index in [2.05, 4.69) is 0 Å². The molecule has 2 amide bonds. The van der Waals surface area contributed by atoms with Gasteiger partial charge in [0.1, 0.15) is 0 Å². The molecule has 0 N–H and O–H groups in total. The van der Waals surface area contributed by atoms with Crippen LogP contribution in [0.3, 0.4) is 0 Å². The summed E-state index contributed by atoms with van der Waals surface area (Å²) >= 11 is 7.18. The number of halogens is 1. The molecule has 7 heteroatoms. The SMILES string of the molecule is CC(=O)SC1CC(=O)N(c2cc(Cl)ccc2C(=O)N(C)C)C1. The Kier molecular flexibility index (Phi) is 5.13. The number of benzene rings is 1. The van der Waals surface area contributed by atoms with Crippen LogP contribution >= 0.6 is 23.4 Å². The van der Waals surface area contributed by atoms with Crippen molar-refractivity contribution in [2.75, 3.05) is 25.5 Å². The van der Waals surface area contributed by atoms with Crippen molar-refractivity contribution in [1.29, 1.82) is 0 Å². The molecule has 118 valence electrons. The summed E-state index contributed by atoms with van der Waals surface area (Å²) in [5.41, 5.74) is 0.930. The van der Waals surface area contributed by atoms with Gasteiger partial charge in [-0.1, -0.05) is 23.4 Å². The largest absolute Gasteiger partial charge is 0.345 e. The predicted molar refractivity (Wildman–Crippen MR) is 88.5 cm³/mol. The molecule has 5 nitrogen and oxygen atoms in total. The Bertz CT molecular complexity index is 633. The van der Waals surface area contributed by atoms with E-state index in [0.29, 0.717) is 22.8 Å². The fourth-order valence-corrected chi connectivity index (χ4v) is 3.46. The van der Waals surface area contributed by atoms with Gasteiger partial charge in [-0.2, -0.15) is 0 Å². The zero-order valence-corrected chi connectivity index (χ0v) is 14.2. The van der Waals surface area contributed by atoms with Crippen molar-refractivity contribution in [3.05, 3.63) is 28.8 Å². The standard InChI is InChI=1S/C15H17ClN2O3S/c1-9(19)22-11-7-14(20)18(8-11)13-6-10(16)4-5-12(13)15(21)17(2)3/h4-6,11H,7-8H2,1-3H3. The maximum absolute atomic E-state index is 12.3. The van der Waals surface area contributed by atoms with Crippen molar-refractivity contribution in [3.8, 4) is 0 Å². The van der Waals surface area contributed by atoms with Crippen LogP contribution in [-0.4, -0.2) is 47.7 Å². The predicted octanol–water partition coefficient (Wildman–Crippen LogP) is 2.43. The number of carbonyl (C=O) groups excluding carboxylic acids is 3. The number of rotatable bonds is 3. The van der Waals surface area contributed by atoms with Crippen LogP contribution in [0.5, 0.6) is 0 Å². The number of carbonyl (C=O) groups is 3. The van der Waals surface area contributed by atoms with Crippen molar-refractivity contribution in [3.63, 3.8) is 0 Å². The number of amides is 2. The summed E-state index contributed by atoms with van der Waals surface area (Å²) in [7, 11) is 3.31. The fraction of sp³-hybridized carbons (Fsp3) is 0.400. The van der Waals surface area contributed by atoms with E-state index in [9.17, 15) is 14.4 Å². The van der Waals surface area contributed by atoms with Crippen molar-refractivity contribution < 1.29 is 14.4 Å². The van der Waals surface area contributed by atoms with E-state index in [4.69, 9.17) is 11.6 Å². The van der Waals surface area contributed by atoms with E-state index in [0.717, 1.165) is 11.8 Å². The molecule has 0 saturated carbocycles. The van der Waals surface area contributed by atoms with Crippen LogP contribution in [0.4, 0.5) is 5.69 Å². The van der Waals surface area contributed by atoms with Crippen LogP contribution in [0, 0.1) is 0 Å². The number of hydrogen-bond acceptors (Lipinski definition) is 4.